The van der Waals surface area contributed by atoms with Gasteiger partial charge in [0.05, 0.1) is 5.60 Å². The molecule has 120 valence electrons. The third-order valence-corrected chi connectivity index (χ3v) is 4.42. The molecule has 1 fully saturated rings. The van der Waals surface area contributed by atoms with E-state index in [1.54, 1.807) is 6.07 Å². The van der Waals surface area contributed by atoms with Crippen LogP contribution < -0.4 is 10.6 Å². The van der Waals surface area contributed by atoms with Gasteiger partial charge in [-0.2, -0.15) is 0 Å². The normalized spacial score (nSPS) is 16.9. The van der Waals surface area contributed by atoms with Crippen LogP contribution in [0.5, 0.6) is 0 Å². The first-order valence-electron chi connectivity index (χ1n) is 7.79. The van der Waals surface area contributed by atoms with Crippen molar-refractivity contribution in [3.05, 3.63) is 29.3 Å². The third-order valence-electron chi connectivity index (χ3n) is 4.42. The lowest BCUT2D eigenvalue weighted by Crippen LogP contribution is -2.47. The molecule has 0 unspecified atom stereocenters. The standard InChI is InChI=1S/C17H24N2O3/c1-12-7-6-8-14(13(12)2)19-16(21)15(20)18-11-17(22)9-4-3-5-10-17/h6-8,22H,3-5,9-11H2,1-2H3,(H,18,20)(H,19,21). The van der Waals surface area contributed by atoms with Gasteiger partial charge in [0.2, 0.25) is 0 Å². The largest absolute Gasteiger partial charge is 0.388 e. The fraction of sp³-hybridized carbons (Fsp3) is 0.529. The molecule has 0 aromatic heterocycles. The molecule has 1 saturated carbocycles. The van der Waals surface area contributed by atoms with Crippen LogP contribution in [0.15, 0.2) is 18.2 Å². The SMILES string of the molecule is Cc1cccc(NC(=O)C(=O)NCC2(O)CCCCC2)c1C. The van der Waals surface area contributed by atoms with Crippen LogP contribution in [0.25, 0.3) is 0 Å². The number of amides is 2. The second-order valence-electron chi connectivity index (χ2n) is 6.17. The summed E-state index contributed by atoms with van der Waals surface area (Å²) in [5.41, 5.74) is 1.76. The minimum absolute atomic E-state index is 0.131. The molecule has 0 radical (unpaired) electrons. The number of hydrogen-bond donors (Lipinski definition) is 3. The van der Waals surface area contributed by atoms with E-state index in [2.05, 4.69) is 10.6 Å². The summed E-state index contributed by atoms with van der Waals surface area (Å²) in [5.74, 6) is -1.41. The molecular formula is C17H24N2O3. The van der Waals surface area contributed by atoms with E-state index >= 15 is 0 Å². The highest BCUT2D eigenvalue weighted by Gasteiger charge is 2.30. The summed E-state index contributed by atoms with van der Waals surface area (Å²) in [6, 6.07) is 5.55. The molecule has 0 saturated heterocycles. The van der Waals surface area contributed by atoms with Crippen LogP contribution in [-0.4, -0.2) is 29.1 Å². The van der Waals surface area contributed by atoms with Crippen molar-refractivity contribution in [1.82, 2.24) is 5.32 Å². The first-order chi connectivity index (χ1) is 10.4. The average Bonchev–Trinajstić information content (AvgIpc) is 2.50. The second-order valence-corrected chi connectivity index (χ2v) is 6.17. The molecule has 0 bridgehead atoms. The third kappa shape index (κ3) is 4.07. The maximum atomic E-state index is 11.9. The molecule has 0 atom stereocenters. The number of rotatable bonds is 3. The van der Waals surface area contributed by atoms with Crippen LogP contribution in [0.3, 0.4) is 0 Å². The Kier molecular flexibility index (Phi) is 5.19. The van der Waals surface area contributed by atoms with Crippen LogP contribution in [0.1, 0.15) is 43.2 Å². The molecule has 0 spiro atoms. The number of carbonyl (C=O) groups is 2. The van der Waals surface area contributed by atoms with E-state index in [1.807, 2.05) is 26.0 Å². The average molecular weight is 304 g/mol. The lowest BCUT2D eigenvalue weighted by Gasteiger charge is -2.31. The molecule has 1 aliphatic rings. The Morgan fingerprint density at radius 2 is 1.82 bits per heavy atom. The number of aliphatic hydroxyl groups is 1. The fourth-order valence-electron chi connectivity index (χ4n) is 2.78. The molecule has 5 nitrogen and oxygen atoms in total. The fourth-order valence-corrected chi connectivity index (χ4v) is 2.78. The highest BCUT2D eigenvalue weighted by molar-refractivity contribution is 6.39. The zero-order chi connectivity index (χ0) is 16.2. The quantitative estimate of drug-likeness (QED) is 0.748. The Labute approximate surface area is 131 Å². The minimum Gasteiger partial charge on any atom is -0.388 e. The van der Waals surface area contributed by atoms with Crippen molar-refractivity contribution >= 4 is 17.5 Å². The molecule has 1 aromatic rings. The van der Waals surface area contributed by atoms with Crippen molar-refractivity contribution in [2.24, 2.45) is 0 Å². The van der Waals surface area contributed by atoms with Gasteiger partial charge in [-0.3, -0.25) is 9.59 Å². The zero-order valence-electron chi connectivity index (χ0n) is 13.2. The van der Waals surface area contributed by atoms with Gasteiger partial charge < -0.3 is 15.7 Å². The number of hydrogen-bond acceptors (Lipinski definition) is 3. The number of nitrogens with one attached hydrogen (secondary N) is 2. The van der Waals surface area contributed by atoms with Gasteiger partial charge in [0.1, 0.15) is 0 Å². The first-order valence-corrected chi connectivity index (χ1v) is 7.79. The predicted octanol–water partition coefficient (Wildman–Crippen LogP) is 2.05. The van der Waals surface area contributed by atoms with E-state index in [0.717, 1.165) is 30.4 Å². The van der Waals surface area contributed by atoms with Gasteiger partial charge in [0.25, 0.3) is 0 Å². The van der Waals surface area contributed by atoms with Gasteiger partial charge in [-0.25, -0.2) is 0 Å². The summed E-state index contributed by atoms with van der Waals surface area (Å²) >= 11 is 0. The van der Waals surface area contributed by atoms with E-state index < -0.39 is 17.4 Å². The lowest BCUT2D eigenvalue weighted by atomic mass is 9.85. The van der Waals surface area contributed by atoms with E-state index in [4.69, 9.17) is 0 Å². The van der Waals surface area contributed by atoms with Crippen LogP contribution in [0.4, 0.5) is 5.69 Å². The van der Waals surface area contributed by atoms with Gasteiger partial charge >= 0.3 is 11.8 Å². The maximum absolute atomic E-state index is 11.9. The predicted molar refractivity (Wildman–Crippen MR) is 85.6 cm³/mol. The van der Waals surface area contributed by atoms with Crippen LogP contribution in [-0.2, 0) is 9.59 Å². The van der Waals surface area contributed by atoms with E-state index in [-0.39, 0.29) is 6.54 Å². The van der Waals surface area contributed by atoms with Crippen molar-refractivity contribution < 1.29 is 14.7 Å². The molecule has 0 heterocycles. The van der Waals surface area contributed by atoms with Gasteiger partial charge in [0.15, 0.2) is 0 Å². The van der Waals surface area contributed by atoms with Crippen molar-refractivity contribution in [2.45, 2.75) is 51.6 Å². The Balaban J connectivity index is 1.89. The van der Waals surface area contributed by atoms with Crippen molar-refractivity contribution in [3.8, 4) is 0 Å². The summed E-state index contributed by atoms with van der Waals surface area (Å²) in [7, 11) is 0. The van der Waals surface area contributed by atoms with Crippen molar-refractivity contribution in [3.63, 3.8) is 0 Å². The topological polar surface area (TPSA) is 78.4 Å². The monoisotopic (exact) mass is 304 g/mol. The van der Waals surface area contributed by atoms with Gasteiger partial charge in [-0.1, -0.05) is 31.4 Å². The van der Waals surface area contributed by atoms with E-state index in [0.29, 0.717) is 18.5 Å². The van der Waals surface area contributed by atoms with Crippen molar-refractivity contribution in [1.29, 1.82) is 0 Å². The van der Waals surface area contributed by atoms with Crippen LogP contribution >= 0.6 is 0 Å². The molecule has 5 heteroatoms. The molecule has 3 N–H and O–H groups in total. The van der Waals surface area contributed by atoms with Crippen molar-refractivity contribution in [2.75, 3.05) is 11.9 Å². The molecule has 1 aromatic carbocycles. The second kappa shape index (κ2) is 6.92. The molecule has 22 heavy (non-hydrogen) atoms. The summed E-state index contributed by atoms with van der Waals surface area (Å²) in [6.45, 7) is 3.98. The summed E-state index contributed by atoms with van der Waals surface area (Å²) < 4.78 is 0. The van der Waals surface area contributed by atoms with E-state index in [1.165, 1.54) is 0 Å². The Morgan fingerprint density at radius 3 is 2.50 bits per heavy atom. The summed E-state index contributed by atoms with van der Waals surface area (Å²) in [4.78, 5) is 23.8. The highest BCUT2D eigenvalue weighted by atomic mass is 16.3. The zero-order valence-corrected chi connectivity index (χ0v) is 13.2. The maximum Gasteiger partial charge on any atom is 0.313 e. The Hall–Kier alpha value is -1.88. The number of benzene rings is 1. The van der Waals surface area contributed by atoms with Gasteiger partial charge in [0, 0.05) is 12.2 Å². The minimum atomic E-state index is -0.868. The van der Waals surface area contributed by atoms with Gasteiger partial charge in [-0.15, -0.1) is 0 Å². The molecular weight excluding hydrogens is 280 g/mol. The van der Waals surface area contributed by atoms with Gasteiger partial charge in [-0.05, 0) is 43.9 Å². The highest BCUT2D eigenvalue weighted by Crippen LogP contribution is 2.27. The summed E-state index contributed by atoms with van der Waals surface area (Å²) in [6.07, 6.45) is 4.38. The molecule has 2 amide bonds. The molecule has 1 aliphatic carbocycles. The van der Waals surface area contributed by atoms with Crippen LogP contribution in [0, 0.1) is 13.8 Å². The van der Waals surface area contributed by atoms with E-state index in [9.17, 15) is 14.7 Å². The number of carbonyl (C=O) groups excluding carboxylic acids is 2. The number of aryl methyl sites for hydroxylation is 1. The first kappa shape index (κ1) is 16.5. The lowest BCUT2D eigenvalue weighted by molar-refractivity contribution is -0.137. The number of anilines is 1. The summed E-state index contributed by atoms with van der Waals surface area (Å²) in [5, 5.41) is 15.5. The Bertz CT molecular complexity index is 563. The van der Waals surface area contributed by atoms with Crippen LogP contribution in [0.2, 0.25) is 0 Å². The molecule has 2 rings (SSSR count). The Morgan fingerprint density at radius 1 is 1.14 bits per heavy atom. The smallest absolute Gasteiger partial charge is 0.313 e. The molecule has 0 aliphatic heterocycles.